The lowest BCUT2D eigenvalue weighted by molar-refractivity contribution is -0.135. The minimum atomic E-state index is -0.540. The van der Waals surface area contributed by atoms with E-state index < -0.39 is 6.04 Å². The fourth-order valence-corrected chi connectivity index (χ4v) is 2.66. The third-order valence-electron chi connectivity index (χ3n) is 3.91. The number of nitrogens with two attached hydrogens (primary N) is 1. The van der Waals surface area contributed by atoms with E-state index in [1.807, 2.05) is 35.2 Å². The lowest BCUT2D eigenvalue weighted by atomic mass is 10.1. The number of rotatable bonds is 3. The van der Waals surface area contributed by atoms with Gasteiger partial charge in [-0.2, -0.15) is 0 Å². The van der Waals surface area contributed by atoms with Crippen LogP contribution in [0.1, 0.15) is 25.5 Å². The van der Waals surface area contributed by atoms with E-state index in [2.05, 4.69) is 18.7 Å². The third kappa shape index (κ3) is 3.14. The zero-order valence-electron chi connectivity index (χ0n) is 11.7. The molecule has 19 heavy (non-hydrogen) atoms. The topological polar surface area (TPSA) is 49.6 Å². The van der Waals surface area contributed by atoms with Crippen LogP contribution in [0.15, 0.2) is 30.3 Å². The maximum atomic E-state index is 12.4. The number of hydrogen-bond acceptors (Lipinski definition) is 3. The summed E-state index contributed by atoms with van der Waals surface area (Å²) in [5.41, 5.74) is 6.96. The number of amides is 1. The van der Waals surface area contributed by atoms with E-state index in [4.69, 9.17) is 5.73 Å². The van der Waals surface area contributed by atoms with Gasteiger partial charge in [-0.1, -0.05) is 37.3 Å². The Morgan fingerprint density at radius 1 is 1.37 bits per heavy atom. The van der Waals surface area contributed by atoms with Gasteiger partial charge in [0.2, 0.25) is 5.91 Å². The molecule has 2 atom stereocenters. The zero-order valence-corrected chi connectivity index (χ0v) is 11.7. The van der Waals surface area contributed by atoms with E-state index in [9.17, 15) is 4.79 Å². The molecule has 0 bridgehead atoms. The smallest absolute Gasteiger partial charge is 0.244 e. The van der Waals surface area contributed by atoms with Crippen LogP contribution < -0.4 is 5.73 Å². The molecule has 104 valence electrons. The summed E-state index contributed by atoms with van der Waals surface area (Å²) < 4.78 is 0. The van der Waals surface area contributed by atoms with Crippen LogP contribution in [0.2, 0.25) is 0 Å². The van der Waals surface area contributed by atoms with Crippen LogP contribution in [0.5, 0.6) is 0 Å². The Labute approximate surface area is 115 Å². The molecule has 1 heterocycles. The van der Waals surface area contributed by atoms with Crippen LogP contribution >= 0.6 is 0 Å². The Bertz CT molecular complexity index is 421. The van der Waals surface area contributed by atoms with Crippen molar-refractivity contribution in [3.05, 3.63) is 35.9 Å². The van der Waals surface area contributed by atoms with Crippen LogP contribution in [0.3, 0.4) is 0 Å². The molecule has 1 aromatic carbocycles. The molecule has 0 saturated carbocycles. The van der Waals surface area contributed by atoms with Crippen molar-refractivity contribution in [2.45, 2.75) is 25.9 Å². The molecule has 2 N–H and O–H groups in total. The molecule has 4 heteroatoms. The van der Waals surface area contributed by atoms with Gasteiger partial charge in [0.15, 0.2) is 0 Å². The Morgan fingerprint density at radius 3 is 2.63 bits per heavy atom. The molecular formula is C15H23N3O. The molecule has 0 radical (unpaired) electrons. The summed E-state index contributed by atoms with van der Waals surface area (Å²) in [7, 11) is 0. The first-order valence-corrected chi connectivity index (χ1v) is 6.96. The second kappa shape index (κ2) is 6.17. The molecule has 1 aromatic rings. The average Bonchev–Trinajstić information content (AvgIpc) is 2.46. The fourth-order valence-electron chi connectivity index (χ4n) is 2.66. The lowest BCUT2D eigenvalue weighted by Gasteiger charge is -2.40. The standard InChI is InChI=1S/C15H23N3O/c1-3-17-9-10-18(11-12(17)2)15(19)14(16)13-7-5-4-6-8-13/h4-8,12,14H,3,9-11,16H2,1-2H3. The van der Waals surface area contributed by atoms with Gasteiger partial charge < -0.3 is 10.6 Å². The average molecular weight is 261 g/mol. The first kappa shape index (κ1) is 14.0. The maximum absolute atomic E-state index is 12.4. The van der Waals surface area contributed by atoms with Gasteiger partial charge in [0.1, 0.15) is 6.04 Å². The molecule has 0 aromatic heterocycles. The number of carbonyl (C=O) groups is 1. The van der Waals surface area contributed by atoms with Crippen molar-refractivity contribution in [2.75, 3.05) is 26.2 Å². The summed E-state index contributed by atoms with van der Waals surface area (Å²) in [6.45, 7) is 7.84. The van der Waals surface area contributed by atoms with Crippen molar-refractivity contribution in [3.63, 3.8) is 0 Å². The van der Waals surface area contributed by atoms with Crippen molar-refractivity contribution < 1.29 is 4.79 Å². The van der Waals surface area contributed by atoms with Crippen molar-refractivity contribution >= 4 is 5.91 Å². The molecule has 1 fully saturated rings. The fraction of sp³-hybridized carbons (Fsp3) is 0.533. The first-order chi connectivity index (χ1) is 9.13. The van der Waals surface area contributed by atoms with E-state index in [1.54, 1.807) is 0 Å². The molecule has 0 aliphatic carbocycles. The summed E-state index contributed by atoms with van der Waals surface area (Å²) in [6.07, 6.45) is 0. The van der Waals surface area contributed by atoms with Gasteiger partial charge in [-0.05, 0) is 19.0 Å². The quantitative estimate of drug-likeness (QED) is 0.890. The van der Waals surface area contributed by atoms with Gasteiger partial charge in [-0.15, -0.1) is 0 Å². The summed E-state index contributed by atoms with van der Waals surface area (Å²) >= 11 is 0. The summed E-state index contributed by atoms with van der Waals surface area (Å²) in [5.74, 6) is 0.0359. The van der Waals surface area contributed by atoms with Gasteiger partial charge in [-0.3, -0.25) is 9.69 Å². The molecular weight excluding hydrogens is 238 g/mol. The SMILES string of the molecule is CCN1CCN(C(=O)C(N)c2ccccc2)CC1C. The van der Waals surface area contributed by atoms with Gasteiger partial charge >= 0.3 is 0 Å². The van der Waals surface area contributed by atoms with E-state index in [1.165, 1.54) is 0 Å². The van der Waals surface area contributed by atoms with Gasteiger partial charge in [0, 0.05) is 25.7 Å². The van der Waals surface area contributed by atoms with Crippen LogP contribution in [-0.4, -0.2) is 47.9 Å². The highest BCUT2D eigenvalue weighted by Crippen LogP contribution is 2.16. The molecule has 0 spiro atoms. The van der Waals surface area contributed by atoms with Crippen LogP contribution in [-0.2, 0) is 4.79 Å². The molecule has 1 aliphatic heterocycles. The Hall–Kier alpha value is -1.39. The van der Waals surface area contributed by atoms with E-state index in [0.717, 1.165) is 31.7 Å². The lowest BCUT2D eigenvalue weighted by Crippen LogP contribution is -2.55. The van der Waals surface area contributed by atoms with E-state index in [0.29, 0.717) is 6.04 Å². The predicted octanol–water partition coefficient (Wildman–Crippen LogP) is 1.24. The first-order valence-electron chi connectivity index (χ1n) is 6.96. The third-order valence-corrected chi connectivity index (χ3v) is 3.91. The summed E-state index contributed by atoms with van der Waals surface area (Å²) in [5, 5.41) is 0. The minimum Gasteiger partial charge on any atom is -0.338 e. The number of nitrogens with zero attached hydrogens (tertiary/aromatic N) is 2. The van der Waals surface area contributed by atoms with Crippen molar-refractivity contribution in [2.24, 2.45) is 5.73 Å². The van der Waals surface area contributed by atoms with E-state index >= 15 is 0 Å². The number of benzene rings is 1. The molecule has 1 aliphatic rings. The minimum absolute atomic E-state index is 0.0359. The summed E-state index contributed by atoms with van der Waals surface area (Å²) in [4.78, 5) is 16.7. The van der Waals surface area contributed by atoms with E-state index in [-0.39, 0.29) is 5.91 Å². The largest absolute Gasteiger partial charge is 0.338 e. The van der Waals surface area contributed by atoms with Gasteiger partial charge in [0.05, 0.1) is 0 Å². The van der Waals surface area contributed by atoms with Crippen LogP contribution in [0.4, 0.5) is 0 Å². The van der Waals surface area contributed by atoms with Crippen LogP contribution in [0.25, 0.3) is 0 Å². The normalized spacial score (nSPS) is 22.3. The van der Waals surface area contributed by atoms with Crippen molar-refractivity contribution in [1.29, 1.82) is 0 Å². The van der Waals surface area contributed by atoms with Gasteiger partial charge in [0.25, 0.3) is 0 Å². The monoisotopic (exact) mass is 261 g/mol. The highest BCUT2D eigenvalue weighted by molar-refractivity contribution is 5.83. The second-order valence-electron chi connectivity index (χ2n) is 5.15. The van der Waals surface area contributed by atoms with Crippen molar-refractivity contribution in [3.8, 4) is 0 Å². The van der Waals surface area contributed by atoms with Gasteiger partial charge in [-0.25, -0.2) is 0 Å². The highest BCUT2D eigenvalue weighted by Gasteiger charge is 2.28. The Balaban J connectivity index is 2.01. The second-order valence-corrected chi connectivity index (χ2v) is 5.15. The number of hydrogen-bond donors (Lipinski definition) is 1. The van der Waals surface area contributed by atoms with Crippen molar-refractivity contribution in [1.82, 2.24) is 9.80 Å². The molecule has 2 rings (SSSR count). The molecule has 1 saturated heterocycles. The number of likely N-dealkylation sites (N-methyl/N-ethyl adjacent to an activating group) is 1. The molecule has 4 nitrogen and oxygen atoms in total. The predicted molar refractivity (Wildman–Crippen MR) is 76.7 cm³/mol. The highest BCUT2D eigenvalue weighted by atomic mass is 16.2. The molecule has 2 unspecified atom stereocenters. The Morgan fingerprint density at radius 2 is 2.05 bits per heavy atom. The zero-order chi connectivity index (χ0) is 13.8. The van der Waals surface area contributed by atoms with Crippen LogP contribution in [0, 0.1) is 0 Å². The number of carbonyl (C=O) groups excluding carboxylic acids is 1. The maximum Gasteiger partial charge on any atom is 0.244 e. The number of piperazine rings is 1. The molecule has 1 amide bonds. The summed E-state index contributed by atoms with van der Waals surface area (Å²) in [6, 6.07) is 9.46. The Kier molecular flexibility index (Phi) is 4.56.